The molecule has 0 radical (unpaired) electrons. The van der Waals surface area contributed by atoms with Gasteiger partial charge in [-0.2, -0.15) is 0 Å². The van der Waals surface area contributed by atoms with Gasteiger partial charge in [0, 0.05) is 55.6 Å². The Morgan fingerprint density at radius 2 is 1.93 bits per heavy atom. The number of carbonyl (C=O) groups excluding carboxylic acids is 2. The van der Waals surface area contributed by atoms with Crippen LogP contribution >= 0.6 is 11.6 Å². The number of hydrogen-bond donors (Lipinski definition) is 2. The van der Waals surface area contributed by atoms with Crippen LogP contribution in [0.25, 0.3) is 0 Å². The highest BCUT2D eigenvalue weighted by molar-refractivity contribution is 6.31. The number of rotatable bonds is 8. The molecule has 0 aromatic heterocycles. The predicted octanol–water partition coefficient (Wildman–Crippen LogP) is 2.86. The first-order valence-corrected chi connectivity index (χ1v) is 10.0. The summed E-state index contributed by atoms with van der Waals surface area (Å²) in [4.78, 5) is 26.1. The van der Waals surface area contributed by atoms with Crippen molar-refractivity contribution in [2.75, 3.05) is 13.1 Å². The summed E-state index contributed by atoms with van der Waals surface area (Å²) >= 11 is 6.02. The van der Waals surface area contributed by atoms with Crippen LogP contribution in [-0.4, -0.2) is 41.9 Å². The fourth-order valence-electron chi connectivity index (χ4n) is 3.79. The summed E-state index contributed by atoms with van der Waals surface area (Å²) in [5.74, 6) is 0.185. The Morgan fingerprint density at radius 1 is 1.19 bits per heavy atom. The first-order valence-electron chi connectivity index (χ1n) is 9.63. The highest BCUT2D eigenvalue weighted by Gasteiger charge is 2.37. The Bertz CT molecular complexity index is 676. The molecule has 0 spiro atoms. The van der Waals surface area contributed by atoms with E-state index in [1.165, 1.54) is 25.8 Å². The van der Waals surface area contributed by atoms with Crippen molar-refractivity contribution in [3.05, 3.63) is 34.6 Å². The molecule has 1 saturated heterocycles. The minimum Gasteiger partial charge on any atom is -0.355 e. The molecule has 2 N–H and O–H groups in total. The maximum Gasteiger partial charge on any atom is 0.221 e. The van der Waals surface area contributed by atoms with Crippen LogP contribution in [0.2, 0.25) is 5.02 Å². The molecule has 1 heterocycles. The maximum atomic E-state index is 13.8. The number of hydrogen-bond acceptors (Lipinski definition) is 3. The molecule has 2 aliphatic rings. The van der Waals surface area contributed by atoms with Gasteiger partial charge < -0.3 is 10.6 Å². The van der Waals surface area contributed by atoms with E-state index in [0.29, 0.717) is 29.5 Å². The van der Waals surface area contributed by atoms with Gasteiger partial charge in [0.2, 0.25) is 11.8 Å². The normalized spacial score (nSPS) is 22.6. The molecule has 5 nitrogen and oxygen atoms in total. The van der Waals surface area contributed by atoms with Crippen LogP contribution in [0, 0.1) is 11.7 Å². The summed E-state index contributed by atoms with van der Waals surface area (Å²) in [5.41, 5.74) is 0.317. The van der Waals surface area contributed by atoms with Gasteiger partial charge in [0.15, 0.2) is 0 Å². The van der Waals surface area contributed by atoms with Crippen molar-refractivity contribution in [1.82, 2.24) is 15.5 Å². The highest BCUT2D eigenvalue weighted by atomic mass is 35.5. The molecule has 2 fully saturated rings. The standard InChI is InChI=1S/C20H27ClFN3O2/c1-13(26)23-10-16-8-7-15(25(16)12-14-5-6-14)9-20(27)24-11-17-18(21)3-2-4-19(17)22/h2-4,14-16H,5-12H2,1H3,(H,23,26)(H,24,27)/t15-,16+/m1/s1. The topological polar surface area (TPSA) is 61.4 Å². The Morgan fingerprint density at radius 3 is 2.59 bits per heavy atom. The van der Waals surface area contributed by atoms with Crippen LogP contribution in [-0.2, 0) is 16.1 Å². The van der Waals surface area contributed by atoms with Crippen LogP contribution in [0.3, 0.4) is 0 Å². The average molecular weight is 396 g/mol. The summed E-state index contributed by atoms with van der Waals surface area (Å²) in [6.45, 7) is 3.24. The van der Waals surface area contributed by atoms with Gasteiger partial charge in [-0.15, -0.1) is 0 Å². The van der Waals surface area contributed by atoms with Crippen molar-refractivity contribution in [1.29, 1.82) is 0 Å². The molecular weight excluding hydrogens is 369 g/mol. The summed E-state index contributed by atoms with van der Waals surface area (Å²) in [7, 11) is 0. The van der Waals surface area contributed by atoms with Crippen LogP contribution in [0.1, 0.15) is 44.6 Å². The van der Waals surface area contributed by atoms with E-state index in [1.807, 2.05) is 0 Å². The molecule has 0 bridgehead atoms. The predicted molar refractivity (Wildman–Crippen MR) is 103 cm³/mol. The van der Waals surface area contributed by atoms with Gasteiger partial charge >= 0.3 is 0 Å². The van der Waals surface area contributed by atoms with Gasteiger partial charge in [0.05, 0.1) is 0 Å². The second kappa shape index (κ2) is 9.02. The first kappa shape index (κ1) is 20.1. The first-order chi connectivity index (χ1) is 12.9. The molecule has 7 heteroatoms. The number of nitrogens with one attached hydrogen (secondary N) is 2. The third kappa shape index (κ3) is 5.66. The quantitative estimate of drug-likeness (QED) is 0.711. The van der Waals surface area contributed by atoms with Crippen LogP contribution < -0.4 is 10.6 Å². The molecule has 27 heavy (non-hydrogen) atoms. The zero-order chi connectivity index (χ0) is 19.4. The highest BCUT2D eigenvalue weighted by Crippen LogP contribution is 2.35. The second-order valence-electron chi connectivity index (χ2n) is 7.64. The monoisotopic (exact) mass is 395 g/mol. The minimum absolute atomic E-state index is 0.0238. The lowest BCUT2D eigenvalue weighted by Crippen LogP contribution is -2.45. The summed E-state index contributed by atoms with van der Waals surface area (Å²) < 4.78 is 13.8. The molecular formula is C20H27ClFN3O2. The number of benzene rings is 1. The van der Waals surface area contributed by atoms with Crippen molar-refractivity contribution in [3.63, 3.8) is 0 Å². The largest absolute Gasteiger partial charge is 0.355 e. The molecule has 1 saturated carbocycles. The molecule has 1 aliphatic carbocycles. The number of carbonyl (C=O) groups is 2. The van der Waals surface area contributed by atoms with E-state index in [9.17, 15) is 14.0 Å². The third-order valence-electron chi connectivity index (χ3n) is 5.47. The molecule has 0 unspecified atom stereocenters. The van der Waals surface area contributed by atoms with Crippen molar-refractivity contribution in [2.24, 2.45) is 5.92 Å². The summed E-state index contributed by atoms with van der Waals surface area (Å²) in [5, 5.41) is 6.03. The van der Waals surface area contributed by atoms with E-state index >= 15 is 0 Å². The SMILES string of the molecule is CC(=O)NC[C@@H]1CC[C@H](CC(=O)NCc2c(F)cccc2Cl)N1CC1CC1. The Balaban J connectivity index is 1.54. The molecule has 1 aromatic carbocycles. The van der Waals surface area contributed by atoms with E-state index in [0.717, 1.165) is 19.4 Å². The number of likely N-dealkylation sites (tertiary alicyclic amines) is 1. The van der Waals surface area contributed by atoms with Gasteiger partial charge in [-0.3, -0.25) is 14.5 Å². The lowest BCUT2D eigenvalue weighted by atomic mass is 10.1. The lowest BCUT2D eigenvalue weighted by Gasteiger charge is -2.30. The second-order valence-corrected chi connectivity index (χ2v) is 8.05. The summed E-state index contributed by atoms with van der Waals surface area (Å²) in [6, 6.07) is 4.96. The molecule has 1 aliphatic heterocycles. The van der Waals surface area contributed by atoms with Gasteiger partial charge in [0.1, 0.15) is 5.82 Å². The van der Waals surface area contributed by atoms with Gasteiger partial charge in [-0.05, 0) is 43.7 Å². The van der Waals surface area contributed by atoms with Gasteiger partial charge in [-0.25, -0.2) is 4.39 Å². The van der Waals surface area contributed by atoms with E-state index in [1.54, 1.807) is 12.1 Å². The number of halogens is 2. The van der Waals surface area contributed by atoms with Crippen LogP contribution in [0.4, 0.5) is 4.39 Å². The van der Waals surface area contributed by atoms with Crippen LogP contribution in [0.15, 0.2) is 18.2 Å². The van der Waals surface area contributed by atoms with E-state index in [-0.39, 0.29) is 30.4 Å². The zero-order valence-corrected chi connectivity index (χ0v) is 16.4. The van der Waals surface area contributed by atoms with Gasteiger partial charge in [-0.1, -0.05) is 17.7 Å². The van der Waals surface area contributed by atoms with Crippen molar-refractivity contribution < 1.29 is 14.0 Å². The third-order valence-corrected chi connectivity index (χ3v) is 5.82. The molecule has 1 aromatic rings. The smallest absolute Gasteiger partial charge is 0.221 e. The zero-order valence-electron chi connectivity index (χ0n) is 15.6. The molecule has 2 amide bonds. The summed E-state index contributed by atoms with van der Waals surface area (Å²) in [6.07, 6.45) is 4.78. The maximum absolute atomic E-state index is 13.8. The Kier molecular flexibility index (Phi) is 6.71. The lowest BCUT2D eigenvalue weighted by molar-refractivity contribution is -0.122. The van der Waals surface area contributed by atoms with Crippen LogP contribution in [0.5, 0.6) is 0 Å². The molecule has 2 atom stereocenters. The van der Waals surface area contributed by atoms with Crippen molar-refractivity contribution in [3.8, 4) is 0 Å². The fraction of sp³-hybridized carbons (Fsp3) is 0.600. The van der Waals surface area contributed by atoms with E-state index in [2.05, 4.69) is 15.5 Å². The minimum atomic E-state index is -0.408. The molecule has 3 rings (SSSR count). The number of amides is 2. The van der Waals surface area contributed by atoms with Gasteiger partial charge in [0.25, 0.3) is 0 Å². The van der Waals surface area contributed by atoms with E-state index in [4.69, 9.17) is 11.6 Å². The Hall–Kier alpha value is -1.66. The average Bonchev–Trinajstić information content (AvgIpc) is 3.35. The number of nitrogens with zero attached hydrogens (tertiary/aromatic N) is 1. The molecule has 148 valence electrons. The Labute approximate surface area is 164 Å². The van der Waals surface area contributed by atoms with E-state index < -0.39 is 5.82 Å². The van der Waals surface area contributed by atoms with Crippen molar-refractivity contribution in [2.45, 2.75) is 57.7 Å². The fourth-order valence-corrected chi connectivity index (χ4v) is 4.02. The van der Waals surface area contributed by atoms with Crippen molar-refractivity contribution >= 4 is 23.4 Å².